The van der Waals surface area contributed by atoms with Crippen LogP contribution in [0.1, 0.15) is 40.0 Å². The number of benzene rings is 1. The van der Waals surface area contributed by atoms with Gasteiger partial charge in [-0.15, -0.1) is 11.8 Å². The summed E-state index contributed by atoms with van der Waals surface area (Å²) in [5.41, 5.74) is 0.580. The topological polar surface area (TPSA) is 75.3 Å². The number of fused-ring (bicyclic) bond motifs is 1. The molecule has 0 radical (unpaired) electrons. The minimum atomic E-state index is -3.59. The van der Waals surface area contributed by atoms with E-state index in [1.54, 1.807) is 18.2 Å². The van der Waals surface area contributed by atoms with Gasteiger partial charge in [-0.3, -0.25) is 4.79 Å². The molecule has 2 aliphatic rings. The molecule has 7 heteroatoms. The monoisotopic (exact) mass is 368 g/mol. The first-order chi connectivity index (χ1) is 11.3. The van der Waals surface area contributed by atoms with Crippen molar-refractivity contribution in [2.24, 2.45) is 11.8 Å². The van der Waals surface area contributed by atoms with Crippen LogP contribution in [0.15, 0.2) is 28.0 Å². The standard InChI is InChI=1S/C17H24N2O3S2/c1-10-5-4-6-14(11(10)2)19-24(21,22)13-7-8-16-15(9-13)18-17(20)12(3)23-16/h7-12,14,19H,4-6H2,1-3H3,(H,18,20)/t10-,11-,12+,14-/m1/s1. The fraction of sp³-hybridized carbons (Fsp3) is 0.588. The molecule has 2 N–H and O–H groups in total. The van der Waals surface area contributed by atoms with Gasteiger partial charge in [-0.2, -0.15) is 0 Å². The zero-order valence-electron chi connectivity index (χ0n) is 14.2. The van der Waals surface area contributed by atoms with Crippen molar-refractivity contribution in [2.45, 2.75) is 61.1 Å². The third-order valence-corrected chi connectivity index (χ3v) is 7.87. The summed E-state index contributed by atoms with van der Waals surface area (Å²) >= 11 is 1.45. The van der Waals surface area contributed by atoms with E-state index in [1.165, 1.54) is 11.8 Å². The molecule has 0 saturated heterocycles. The summed E-state index contributed by atoms with van der Waals surface area (Å²) in [6.07, 6.45) is 3.08. The lowest BCUT2D eigenvalue weighted by atomic mass is 9.78. The van der Waals surface area contributed by atoms with Crippen molar-refractivity contribution in [1.82, 2.24) is 4.72 Å². The van der Waals surface area contributed by atoms with Gasteiger partial charge in [0, 0.05) is 10.9 Å². The second-order valence-corrected chi connectivity index (χ2v) is 10.00. The first-order valence-electron chi connectivity index (χ1n) is 8.42. The highest BCUT2D eigenvalue weighted by atomic mass is 32.2. The fourth-order valence-electron chi connectivity index (χ4n) is 3.37. The molecule has 3 rings (SSSR count). The van der Waals surface area contributed by atoms with Gasteiger partial charge in [-0.1, -0.05) is 26.7 Å². The number of hydrogen-bond donors (Lipinski definition) is 2. The molecule has 0 bridgehead atoms. The Morgan fingerprint density at radius 2 is 1.96 bits per heavy atom. The number of rotatable bonds is 3. The normalized spacial score (nSPS) is 30.5. The third kappa shape index (κ3) is 3.48. The lowest BCUT2D eigenvalue weighted by molar-refractivity contribution is -0.115. The Morgan fingerprint density at radius 1 is 1.21 bits per heavy atom. The average Bonchev–Trinajstić information content (AvgIpc) is 2.52. The summed E-state index contributed by atoms with van der Waals surface area (Å²) in [6.45, 7) is 6.13. The van der Waals surface area contributed by atoms with Gasteiger partial charge >= 0.3 is 0 Å². The number of hydrogen-bond acceptors (Lipinski definition) is 4. The van der Waals surface area contributed by atoms with Gasteiger partial charge in [0.05, 0.1) is 15.8 Å². The zero-order valence-corrected chi connectivity index (χ0v) is 15.8. The van der Waals surface area contributed by atoms with Gasteiger partial charge < -0.3 is 5.32 Å². The van der Waals surface area contributed by atoms with Gasteiger partial charge in [0.2, 0.25) is 15.9 Å². The number of thioether (sulfide) groups is 1. The Balaban J connectivity index is 1.83. The molecule has 0 unspecified atom stereocenters. The molecule has 1 aromatic carbocycles. The summed E-state index contributed by atoms with van der Waals surface area (Å²) in [4.78, 5) is 12.9. The molecular formula is C17H24N2O3S2. The SMILES string of the molecule is C[C@@H]1[C@H](C)CCC[C@H]1NS(=O)(=O)c1ccc2c(c1)NC(=O)[C@H](C)S2. The van der Waals surface area contributed by atoms with Crippen LogP contribution < -0.4 is 10.0 Å². The molecule has 1 aliphatic carbocycles. The van der Waals surface area contributed by atoms with Crippen LogP contribution in [-0.4, -0.2) is 25.6 Å². The lowest BCUT2D eigenvalue weighted by Crippen LogP contribution is -2.43. The van der Waals surface area contributed by atoms with E-state index >= 15 is 0 Å². The van der Waals surface area contributed by atoms with E-state index in [1.807, 2.05) is 6.92 Å². The van der Waals surface area contributed by atoms with Gasteiger partial charge in [-0.05, 0) is 43.4 Å². The Hall–Kier alpha value is -1.05. The molecule has 1 aromatic rings. The van der Waals surface area contributed by atoms with Crippen LogP contribution in [0.25, 0.3) is 0 Å². The second kappa shape index (κ2) is 6.69. The van der Waals surface area contributed by atoms with Crippen LogP contribution in [0.5, 0.6) is 0 Å². The van der Waals surface area contributed by atoms with Crippen molar-refractivity contribution in [1.29, 1.82) is 0 Å². The predicted octanol–water partition coefficient (Wildman–Crippen LogP) is 3.22. The summed E-state index contributed by atoms with van der Waals surface area (Å²) in [5.74, 6) is 0.749. The number of amides is 1. The maximum absolute atomic E-state index is 12.8. The minimum Gasteiger partial charge on any atom is -0.324 e. The van der Waals surface area contributed by atoms with E-state index in [-0.39, 0.29) is 22.1 Å². The molecule has 1 fully saturated rings. The Labute approximate surface area is 148 Å². The molecule has 5 nitrogen and oxygen atoms in total. The molecule has 1 saturated carbocycles. The summed E-state index contributed by atoms with van der Waals surface area (Å²) in [5, 5.41) is 2.63. The lowest BCUT2D eigenvalue weighted by Gasteiger charge is -2.34. The van der Waals surface area contributed by atoms with Crippen LogP contribution in [-0.2, 0) is 14.8 Å². The number of carbonyl (C=O) groups excluding carboxylic acids is 1. The van der Waals surface area contributed by atoms with Crippen molar-refractivity contribution in [2.75, 3.05) is 5.32 Å². The van der Waals surface area contributed by atoms with Gasteiger partial charge in [0.25, 0.3) is 0 Å². The van der Waals surface area contributed by atoms with Crippen molar-refractivity contribution >= 4 is 33.4 Å². The van der Waals surface area contributed by atoms with Crippen LogP contribution in [0.4, 0.5) is 5.69 Å². The van der Waals surface area contributed by atoms with Gasteiger partial charge in [0.1, 0.15) is 0 Å². The average molecular weight is 369 g/mol. The maximum atomic E-state index is 12.8. The number of anilines is 1. The molecule has 1 amide bonds. The fourth-order valence-corrected chi connectivity index (χ4v) is 5.69. The quantitative estimate of drug-likeness (QED) is 0.859. The van der Waals surface area contributed by atoms with E-state index in [0.29, 0.717) is 17.5 Å². The van der Waals surface area contributed by atoms with Crippen molar-refractivity contribution in [3.8, 4) is 0 Å². The Bertz CT molecular complexity index is 748. The smallest absolute Gasteiger partial charge is 0.240 e. The molecule has 132 valence electrons. The maximum Gasteiger partial charge on any atom is 0.240 e. The van der Waals surface area contributed by atoms with Crippen LogP contribution in [0.3, 0.4) is 0 Å². The Kier molecular flexibility index (Phi) is 4.95. The molecule has 1 heterocycles. The number of nitrogens with one attached hydrogen (secondary N) is 2. The minimum absolute atomic E-state index is 0.0289. The van der Waals surface area contributed by atoms with E-state index in [0.717, 1.165) is 24.2 Å². The first-order valence-corrected chi connectivity index (χ1v) is 10.8. The van der Waals surface area contributed by atoms with Gasteiger partial charge in [0.15, 0.2) is 0 Å². The molecule has 0 aromatic heterocycles. The van der Waals surface area contributed by atoms with Gasteiger partial charge in [-0.25, -0.2) is 13.1 Å². The summed E-state index contributed by atoms with van der Waals surface area (Å²) in [7, 11) is -3.59. The van der Waals surface area contributed by atoms with Crippen molar-refractivity contribution in [3.63, 3.8) is 0 Å². The molecule has 1 aliphatic heterocycles. The molecule has 0 spiro atoms. The highest BCUT2D eigenvalue weighted by molar-refractivity contribution is 8.01. The van der Waals surface area contributed by atoms with E-state index < -0.39 is 10.0 Å². The number of sulfonamides is 1. The molecule has 24 heavy (non-hydrogen) atoms. The van der Waals surface area contributed by atoms with E-state index in [4.69, 9.17) is 0 Å². The first kappa shape index (κ1) is 17.8. The van der Waals surface area contributed by atoms with Crippen LogP contribution in [0.2, 0.25) is 0 Å². The Morgan fingerprint density at radius 3 is 2.71 bits per heavy atom. The van der Waals surface area contributed by atoms with E-state index in [9.17, 15) is 13.2 Å². The third-order valence-electron chi connectivity index (χ3n) is 5.21. The highest BCUT2D eigenvalue weighted by Gasteiger charge is 2.31. The summed E-state index contributed by atoms with van der Waals surface area (Å²) in [6, 6.07) is 4.93. The summed E-state index contributed by atoms with van der Waals surface area (Å²) < 4.78 is 28.4. The number of carbonyl (C=O) groups is 1. The second-order valence-electron chi connectivity index (χ2n) is 6.90. The zero-order chi connectivity index (χ0) is 17.5. The predicted molar refractivity (Wildman–Crippen MR) is 96.7 cm³/mol. The van der Waals surface area contributed by atoms with Crippen molar-refractivity contribution in [3.05, 3.63) is 18.2 Å². The molecular weight excluding hydrogens is 344 g/mol. The van der Waals surface area contributed by atoms with Crippen LogP contribution in [0, 0.1) is 11.8 Å². The highest BCUT2D eigenvalue weighted by Crippen LogP contribution is 2.37. The largest absolute Gasteiger partial charge is 0.324 e. The molecule has 4 atom stereocenters. The van der Waals surface area contributed by atoms with Crippen molar-refractivity contribution < 1.29 is 13.2 Å². The van der Waals surface area contributed by atoms with E-state index in [2.05, 4.69) is 23.9 Å². The van der Waals surface area contributed by atoms with Crippen LogP contribution >= 0.6 is 11.8 Å².